The van der Waals surface area contributed by atoms with Gasteiger partial charge in [0.05, 0.1) is 5.69 Å². The lowest BCUT2D eigenvalue weighted by atomic mass is 9.94. The fourth-order valence-electron chi connectivity index (χ4n) is 6.64. The van der Waals surface area contributed by atoms with Crippen LogP contribution in [0.5, 0.6) is 0 Å². The largest absolute Gasteiger partial charge is 0.454 e. The summed E-state index contributed by atoms with van der Waals surface area (Å²) in [5, 5.41) is 13.3. The van der Waals surface area contributed by atoms with E-state index in [4.69, 9.17) is 4.42 Å². The maximum atomic E-state index is 6.40. The molecule has 0 aliphatic carbocycles. The monoisotopic (exact) mass is 561 g/mol. The second-order valence-electron chi connectivity index (χ2n) is 11.4. The molecule has 1 aromatic heterocycles. The first-order chi connectivity index (χ1) is 21.8. The Labute approximate surface area is 254 Å². The van der Waals surface area contributed by atoms with Crippen LogP contribution in [0.25, 0.3) is 76.5 Å². The van der Waals surface area contributed by atoms with Crippen molar-refractivity contribution in [2.24, 2.45) is 0 Å². The van der Waals surface area contributed by atoms with Crippen molar-refractivity contribution < 1.29 is 4.42 Å². The fraction of sp³-hybridized carbons (Fsp3) is 0. The van der Waals surface area contributed by atoms with Gasteiger partial charge in [0.1, 0.15) is 5.58 Å². The van der Waals surface area contributed by atoms with Gasteiger partial charge in [-0.3, -0.25) is 0 Å². The number of furan rings is 1. The van der Waals surface area contributed by atoms with E-state index in [0.29, 0.717) is 0 Å². The van der Waals surface area contributed by atoms with Gasteiger partial charge in [0, 0.05) is 16.5 Å². The number of fused-ring (bicyclic) bond motifs is 7. The fourth-order valence-corrected chi connectivity index (χ4v) is 6.64. The first-order valence-corrected chi connectivity index (χ1v) is 15.0. The molecule has 0 spiro atoms. The standard InChI is InChI=1S/C42H27NO/c1-2-9-30-25-33(16-15-27(30)7-1)35-12-5-10-32-26-31(19-23-36(32)35)28-17-21-34(22-18-28)43-39-14-6-13-38-41-37-11-4-3-8-29(37)20-24-40(41)44-42(38)39/h1-26,43H. The molecule has 1 N–H and O–H groups in total. The van der Waals surface area contributed by atoms with Gasteiger partial charge in [-0.2, -0.15) is 0 Å². The Balaban J connectivity index is 1.04. The van der Waals surface area contributed by atoms with E-state index in [1.165, 1.54) is 54.6 Å². The zero-order valence-corrected chi connectivity index (χ0v) is 23.9. The molecule has 0 aliphatic rings. The highest BCUT2D eigenvalue weighted by Crippen LogP contribution is 2.39. The van der Waals surface area contributed by atoms with Gasteiger partial charge in [-0.05, 0) is 91.0 Å². The van der Waals surface area contributed by atoms with Gasteiger partial charge in [0.15, 0.2) is 5.58 Å². The average molecular weight is 562 g/mol. The molecule has 9 rings (SSSR count). The quantitative estimate of drug-likeness (QED) is 0.231. The summed E-state index contributed by atoms with van der Waals surface area (Å²) in [7, 11) is 0. The second kappa shape index (κ2) is 9.86. The Morgan fingerprint density at radius 3 is 2.00 bits per heavy atom. The Kier molecular flexibility index (Phi) is 5.54. The lowest BCUT2D eigenvalue weighted by Crippen LogP contribution is -1.90. The van der Waals surface area contributed by atoms with Crippen LogP contribution in [0.1, 0.15) is 0 Å². The van der Waals surface area contributed by atoms with E-state index in [2.05, 4.69) is 163 Å². The number of nitrogens with one attached hydrogen (secondary N) is 1. The topological polar surface area (TPSA) is 25.2 Å². The summed E-state index contributed by atoms with van der Waals surface area (Å²) in [6, 6.07) is 56.3. The first kappa shape index (κ1) is 24.7. The van der Waals surface area contributed by atoms with E-state index in [1.807, 2.05) is 0 Å². The summed E-state index contributed by atoms with van der Waals surface area (Å²) in [6.45, 7) is 0. The maximum absolute atomic E-state index is 6.40. The van der Waals surface area contributed by atoms with Crippen molar-refractivity contribution in [3.8, 4) is 22.3 Å². The molecule has 0 saturated heterocycles. The lowest BCUT2D eigenvalue weighted by Gasteiger charge is -2.11. The molecule has 0 atom stereocenters. The molecular weight excluding hydrogens is 534 g/mol. The van der Waals surface area contributed by atoms with Gasteiger partial charge >= 0.3 is 0 Å². The minimum absolute atomic E-state index is 0.875. The molecular formula is C42H27NO. The van der Waals surface area contributed by atoms with Gasteiger partial charge in [0.25, 0.3) is 0 Å². The second-order valence-corrected chi connectivity index (χ2v) is 11.4. The highest BCUT2D eigenvalue weighted by molar-refractivity contribution is 6.20. The van der Waals surface area contributed by atoms with E-state index in [1.54, 1.807) is 0 Å². The third kappa shape index (κ3) is 4.04. The van der Waals surface area contributed by atoms with Gasteiger partial charge in [-0.25, -0.2) is 0 Å². The molecule has 2 nitrogen and oxygen atoms in total. The molecule has 1 heterocycles. The molecule has 9 aromatic rings. The predicted octanol–water partition coefficient (Wildman–Crippen LogP) is 12.1. The van der Waals surface area contributed by atoms with E-state index in [-0.39, 0.29) is 0 Å². The number of para-hydroxylation sites is 1. The van der Waals surface area contributed by atoms with Crippen LogP contribution in [0.4, 0.5) is 11.4 Å². The molecule has 0 aliphatic heterocycles. The summed E-state index contributed by atoms with van der Waals surface area (Å²) in [6.07, 6.45) is 0. The number of benzene rings is 8. The third-order valence-electron chi connectivity index (χ3n) is 8.83. The van der Waals surface area contributed by atoms with Crippen LogP contribution >= 0.6 is 0 Å². The zero-order valence-electron chi connectivity index (χ0n) is 23.9. The SMILES string of the molecule is c1ccc2cc(-c3cccc4cc(-c5ccc(Nc6cccc7c6oc6ccc8ccccc8c67)cc5)ccc34)ccc2c1. The Morgan fingerprint density at radius 1 is 0.409 bits per heavy atom. The number of anilines is 2. The normalized spacial score (nSPS) is 11.6. The average Bonchev–Trinajstić information content (AvgIpc) is 3.48. The van der Waals surface area contributed by atoms with Crippen LogP contribution < -0.4 is 5.32 Å². The van der Waals surface area contributed by atoms with Gasteiger partial charge < -0.3 is 9.73 Å². The van der Waals surface area contributed by atoms with Crippen LogP contribution in [0.3, 0.4) is 0 Å². The molecule has 0 amide bonds. The lowest BCUT2D eigenvalue weighted by molar-refractivity contribution is 0.670. The molecule has 0 saturated carbocycles. The highest BCUT2D eigenvalue weighted by atomic mass is 16.3. The summed E-state index contributed by atoms with van der Waals surface area (Å²) >= 11 is 0. The maximum Gasteiger partial charge on any atom is 0.158 e. The molecule has 0 radical (unpaired) electrons. The number of hydrogen-bond donors (Lipinski definition) is 1. The molecule has 44 heavy (non-hydrogen) atoms. The third-order valence-corrected chi connectivity index (χ3v) is 8.83. The predicted molar refractivity (Wildman–Crippen MR) is 187 cm³/mol. The van der Waals surface area contributed by atoms with Crippen LogP contribution in [0.2, 0.25) is 0 Å². The van der Waals surface area contributed by atoms with Gasteiger partial charge in [-0.1, -0.05) is 121 Å². The van der Waals surface area contributed by atoms with Crippen LogP contribution in [-0.2, 0) is 0 Å². The Morgan fingerprint density at radius 2 is 1.09 bits per heavy atom. The van der Waals surface area contributed by atoms with Crippen molar-refractivity contribution in [2.75, 3.05) is 5.32 Å². The minimum atomic E-state index is 0.875. The van der Waals surface area contributed by atoms with Crippen LogP contribution in [0, 0.1) is 0 Å². The summed E-state index contributed by atoms with van der Waals surface area (Å²) < 4.78 is 6.40. The molecule has 0 bridgehead atoms. The van der Waals surface area contributed by atoms with Gasteiger partial charge in [0.2, 0.25) is 0 Å². The van der Waals surface area contributed by atoms with Crippen molar-refractivity contribution in [2.45, 2.75) is 0 Å². The summed E-state index contributed by atoms with van der Waals surface area (Å²) in [5.41, 5.74) is 8.64. The molecule has 206 valence electrons. The van der Waals surface area contributed by atoms with Crippen LogP contribution in [0.15, 0.2) is 162 Å². The van der Waals surface area contributed by atoms with E-state index >= 15 is 0 Å². The van der Waals surface area contributed by atoms with Crippen LogP contribution in [-0.4, -0.2) is 0 Å². The van der Waals surface area contributed by atoms with E-state index < -0.39 is 0 Å². The molecule has 0 unspecified atom stereocenters. The molecule has 2 heteroatoms. The Hall–Kier alpha value is -5.86. The van der Waals surface area contributed by atoms with Crippen molar-refractivity contribution in [1.29, 1.82) is 0 Å². The number of rotatable bonds is 4. The summed E-state index contributed by atoms with van der Waals surface area (Å²) in [4.78, 5) is 0. The van der Waals surface area contributed by atoms with Crippen molar-refractivity contribution in [3.63, 3.8) is 0 Å². The van der Waals surface area contributed by atoms with E-state index in [0.717, 1.165) is 33.3 Å². The zero-order chi connectivity index (χ0) is 29.0. The highest BCUT2D eigenvalue weighted by Gasteiger charge is 2.14. The number of hydrogen-bond acceptors (Lipinski definition) is 2. The Bertz CT molecular complexity index is 2520. The van der Waals surface area contributed by atoms with Gasteiger partial charge in [-0.15, -0.1) is 0 Å². The summed E-state index contributed by atoms with van der Waals surface area (Å²) in [5.74, 6) is 0. The minimum Gasteiger partial charge on any atom is -0.454 e. The molecule has 8 aromatic carbocycles. The molecule has 0 fully saturated rings. The van der Waals surface area contributed by atoms with Crippen molar-refractivity contribution in [1.82, 2.24) is 0 Å². The van der Waals surface area contributed by atoms with Crippen molar-refractivity contribution >= 4 is 65.6 Å². The smallest absolute Gasteiger partial charge is 0.158 e. The first-order valence-electron chi connectivity index (χ1n) is 15.0. The van der Waals surface area contributed by atoms with E-state index in [9.17, 15) is 0 Å². The van der Waals surface area contributed by atoms with Crippen molar-refractivity contribution in [3.05, 3.63) is 158 Å².